The Morgan fingerprint density at radius 3 is 2.47 bits per heavy atom. The maximum absolute atomic E-state index is 5.30. The van der Waals surface area contributed by atoms with Crippen molar-refractivity contribution in [3.63, 3.8) is 0 Å². The number of nitrogens with zero attached hydrogens (tertiary/aromatic N) is 2. The van der Waals surface area contributed by atoms with E-state index in [-0.39, 0.29) is 0 Å². The van der Waals surface area contributed by atoms with Crippen LogP contribution in [0.5, 0.6) is 0 Å². The molecule has 1 aliphatic heterocycles. The molecule has 2 fully saturated rings. The van der Waals surface area contributed by atoms with E-state index < -0.39 is 0 Å². The van der Waals surface area contributed by atoms with Crippen LogP contribution >= 0.6 is 0 Å². The molecular weight excluding hydrogens is 236 g/mol. The number of hydrazone groups is 1. The summed E-state index contributed by atoms with van der Waals surface area (Å²) in [7, 11) is 1.79. The van der Waals surface area contributed by atoms with Crippen LogP contribution in [0.3, 0.4) is 0 Å². The molecule has 0 spiro atoms. The fourth-order valence-corrected chi connectivity index (χ4v) is 3.41. The molecule has 1 saturated heterocycles. The van der Waals surface area contributed by atoms with Crippen LogP contribution in [0.15, 0.2) is 5.10 Å². The molecule has 0 aromatic carbocycles. The van der Waals surface area contributed by atoms with E-state index >= 15 is 0 Å². The topological polar surface area (TPSA) is 24.8 Å². The van der Waals surface area contributed by atoms with Crippen LogP contribution in [-0.4, -0.2) is 37.0 Å². The van der Waals surface area contributed by atoms with E-state index in [9.17, 15) is 0 Å². The summed E-state index contributed by atoms with van der Waals surface area (Å²) in [5, 5.41) is 7.21. The third-order valence-corrected chi connectivity index (χ3v) is 4.76. The highest BCUT2D eigenvalue weighted by Crippen LogP contribution is 2.37. The van der Waals surface area contributed by atoms with Gasteiger partial charge in [-0.15, -0.1) is 0 Å². The molecule has 1 atom stereocenters. The first kappa shape index (κ1) is 14.8. The Labute approximate surface area is 118 Å². The van der Waals surface area contributed by atoms with Crippen LogP contribution in [0.1, 0.15) is 59.3 Å². The first-order valence-corrected chi connectivity index (χ1v) is 7.82. The Balaban J connectivity index is 1.88. The monoisotopic (exact) mass is 266 g/mol. The van der Waals surface area contributed by atoms with Gasteiger partial charge in [0, 0.05) is 19.4 Å². The average molecular weight is 266 g/mol. The molecule has 1 aliphatic carbocycles. The minimum Gasteiger partial charge on any atom is -0.382 e. The molecule has 0 N–H and O–H groups in total. The van der Waals surface area contributed by atoms with Gasteiger partial charge >= 0.3 is 0 Å². The van der Waals surface area contributed by atoms with Gasteiger partial charge in [-0.3, -0.25) is 5.01 Å². The zero-order chi connectivity index (χ0) is 13.9. The third-order valence-electron chi connectivity index (χ3n) is 4.76. The lowest BCUT2D eigenvalue weighted by Crippen LogP contribution is -2.31. The zero-order valence-corrected chi connectivity index (χ0v) is 13.1. The van der Waals surface area contributed by atoms with Crippen molar-refractivity contribution in [1.82, 2.24) is 5.01 Å². The standard InChI is InChI=1S/C16H30N2O/c1-16(2,3)13-7-9-14(10-8-13)17-18-11-5-6-15(18)12-19-4/h13,15H,5-12H2,1-4H3/t13?,15-/m1/s1. The van der Waals surface area contributed by atoms with Crippen molar-refractivity contribution in [3.8, 4) is 0 Å². The molecule has 1 saturated carbocycles. The molecule has 0 aromatic heterocycles. The molecule has 2 rings (SSSR count). The Morgan fingerprint density at radius 2 is 1.89 bits per heavy atom. The van der Waals surface area contributed by atoms with Crippen LogP contribution in [-0.2, 0) is 4.74 Å². The van der Waals surface area contributed by atoms with Gasteiger partial charge in [-0.05, 0) is 49.9 Å². The van der Waals surface area contributed by atoms with Gasteiger partial charge in [-0.1, -0.05) is 20.8 Å². The normalized spacial score (nSPS) is 28.8. The first-order valence-electron chi connectivity index (χ1n) is 7.82. The second kappa shape index (κ2) is 6.25. The molecule has 0 aromatic rings. The predicted octanol–water partition coefficient (Wildman–Crippen LogP) is 3.69. The van der Waals surface area contributed by atoms with Gasteiger partial charge in [0.25, 0.3) is 0 Å². The van der Waals surface area contributed by atoms with Gasteiger partial charge in [0.2, 0.25) is 0 Å². The van der Waals surface area contributed by atoms with Crippen molar-refractivity contribution in [3.05, 3.63) is 0 Å². The van der Waals surface area contributed by atoms with Crippen molar-refractivity contribution in [2.75, 3.05) is 20.3 Å². The lowest BCUT2D eigenvalue weighted by atomic mass is 9.72. The highest BCUT2D eigenvalue weighted by molar-refractivity contribution is 5.84. The molecule has 110 valence electrons. The highest BCUT2D eigenvalue weighted by Gasteiger charge is 2.29. The number of ether oxygens (including phenoxy) is 1. The average Bonchev–Trinajstić information content (AvgIpc) is 2.77. The Morgan fingerprint density at radius 1 is 1.21 bits per heavy atom. The number of hydrogen-bond acceptors (Lipinski definition) is 3. The van der Waals surface area contributed by atoms with E-state index in [2.05, 4.69) is 25.8 Å². The van der Waals surface area contributed by atoms with Crippen LogP contribution in [0, 0.1) is 11.3 Å². The quantitative estimate of drug-likeness (QED) is 0.778. The Bertz CT molecular complexity index is 309. The smallest absolute Gasteiger partial charge is 0.0704 e. The van der Waals surface area contributed by atoms with Crippen LogP contribution in [0.25, 0.3) is 0 Å². The van der Waals surface area contributed by atoms with Gasteiger partial charge in [0.05, 0.1) is 12.6 Å². The van der Waals surface area contributed by atoms with Crippen molar-refractivity contribution < 1.29 is 4.74 Å². The summed E-state index contributed by atoms with van der Waals surface area (Å²) in [5.41, 5.74) is 1.88. The van der Waals surface area contributed by atoms with Crippen LogP contribution in [0.4, 0.5) is 0 Å². The van der Waals surface area contributed by atoms with Crippen molar-refractivity contribution in [2.24, 2.45) is 16.4 Å². The summed E-state index contributed by atoms with van der Waals surface area (Å²) in [6, 6.07) is 0.512. The fourth-order valence-electron chi connectivity index (χ4n) is 3.41. The molecule has 1 heterocycles. The fraction of sp³-hybridized carbons (Fsp3) is 0.938. The zero-order valence-electron chi connectivity index (χ0n) is 13.1. The molecule has 0 unspecified atom stereocenters. The SMILES string of the molecule is COC[C@H]1CCCN1N=C1CCC(C(C)(C)C)CC1. The Kier molecular flexibility index (Phi) is 4.88. The minimum absolute atomic E-state index is 0.456. The lowest BCUT2D eigenvalue weighted by molar-refractivity contribution is 0.117. The summed E-state index contributed by atoms with van der Waals surface area (Å²) in [6.07, 6.45) is 7.50. The van der Waals surface area contributed by atoms with Crippen molar-refractivity contribution in [1.29, 1.82) is 0 Å². The molecule has 2 aliphatic rings. The largest absolute Gasteiger partial charge is 0.382 e. The number of hydrogen-bond donors (Lipinski definition) is 0. The van der Waals surface area contributed by atoms with Crippen LogP contribution < -0.4 is 0 Å². The van der Waals surface area contributed by atoms with Gasteiger partial charge in [-0.25, -0.2) is 0 Å². The molecule has 3 heteroatoms. The van der Waals surface area contributed by atoms with E-state index in [1.807, 2.05) is 0 Å². The molecule has 3 nitrogen and oxygen atoms in total. The molecular formula is C16H30N2O. The Hall–Kier alpha value is -0.570. The molecule has 19 heavy (non-hydrogen) atoms. The maximum atomic E-state index is 5.30. The van der Waals surface area contributed by atoms with E-state index in [0.717, 1.165) is 19.1 Å². The summed E-state index contributed by atoms with van der Waals surface area (Å²) < 4.78 is 5.30. The van der Waals surface area contributed by atoms with E-state index in [1.54, 1.807) is 7.11 Å². The van der Waals surface area contributed by atoms with Crippen LogP contribution in [0.2, 0.25) is 0 Å². The molecule has 0 radical (unpaired) electrons. The summed E-state index contributed by atoms with van der Waals surface area (Å²) in [6.45, 7) is 9.04. The lowest BCUT2D eigenvalue weighted by Gasteiger charge is -2.34. The minimum atomic E-state index is 0.456. The highest BCUT2D eigenvalue weighted by atomic mass is 16.5. The maximum Gasteiger partial charge on any atom is 0.0704 e. The first-order chi connectivity index (χ1) is 9.00. The van der Waals surface area contributed by atoms with Crippen molar-refractivity contribution in [2.45, 2.75) is 65.3 Å². The third kappa shape index (κ3) is 3.95. The van der Waals surface area contributed by atoms with Gasteiger partial charge in [0.15, 0.2) is 0 Å². The van der Waals surface area contributed by atoms with E-state index in [4.69, 9.17) is 9.84 Å². The van der Waals surface area contributed by atoms with Gasteiger partial charge in [0.1, 0.15) is 0 Å². The predicted molar refractivity (Wildman–Crippen MR) is 80.5 cm³/mol. The molecule has 0 bridgehead atoms. The number of rotatable bonds is 3. The van der Waals surface area contributed by atoms with Gasteiger partial charge in [-0.2, -0.15) is 5.10 Å². The number of methoxy groups -OCH3 is 1. The summed E-state index contributed by atoms with van der Waals surface area (Å²) >= 11 is 0. The van der Waals surface area contributed by atoms with Gasteiger partial charge < -0.3 is 4.74 Å². The van der Waals surface area contributed by atoms with E-state index in [1.165, 1.54) is 44.2 Å². The molecule has 0 amide bonds. The van der Waals surface area contributed by atoms with E-state index in [0.29, 0.717) is 11.5 Å². The summed E-state index contributed by atoms with van der Waals surface area (Å²) in [5.74, 6) is 0.861. The second-order valence-electron chi connectivity index (χ2n) is 7.22. The van der Waals surface area contributed by atoms with Crippen molar-refractivity contribution >= 4 is 5.71 Å². The second-order valence-corrected chi connectivity index (χ2v) is 7.22. The summed E-state index contributed by atoms with van der Waals surface area (Å²) in [4.78, 5) is 0.